The molecule has 0 bridgehead atoms. The van der Waals surface area contributed by atoms with Crippen molar-refractivity contribution >= 4 is 11.8 Å². The molecule has 0 aromatic heterocycles. The Hall–Kier alpha value is -1.06. The van der Waals surface area contributed by atoms with Crippen molar-refractivity contribution in [3.63, 3.8) is 0 Å². The van der Waals surface area contributed by atoms with Crippen molar-refractivity contribution in [1.82, 2.24) is 10.6 Å². The van der Waals surface area contributed by atoms with E-state index in [2.05, 4.69) is 10.6 Å². The molecule has 0 aliphatic carbocycles. The van der Waals surface area contributed by atoms with Gasteiger partial charge in [0.05, 0.1) is 0 Å². The van der Waals surface area contributed by atoms with Gasteiger partial charge in [0.15, 0.2) is 0 Å². The molecule has 0 rings (SSSR count). The van der Waals surface area contributed by atoms with Gasteiger partial charge in [-0.25, -0.2) is 0 Å². The fourth-order valence-corrected chi connectivity index (χ4v) is 0.851. The predicted molar refractivity (Wildman–Crippen MR) is 64.9 cm³/mol. The Balaban J connectivity index is 3.97. The van der Waals surface area contributed by atoms with Crippen LogP contribution in [-0.2, 0) is 9.59 Å². The number of carbonyl (C=O) groups is 2. The predicted octanol–water partition coefficient (Wildman–Crippen LogP) is 1.31. The third-order valence-electron chi connectivity index (χ3n) is 1.76. The standard InChI is InChI=1S/C12H24N2O2/c1-11(2,3)7-13-9(15)10(16)14-8-12(4,5)6/h7-8H2,1-6H3,(H,13,15)(H,14,16). The van der Waals surface area contributed by atoms with Gasteiger partial charge in [0.25, 0.3) is 0 Å². The molecule has 94 valence electrons. The highest BCUT2D eigenvalue weighted by Gasteiger charge is 2.19. The lowest BCUT2D eigenvalue weighted by molar-refractivity contribution is -0.139. The summed E-state index contributed by atoms with van der Waals surface area (Å²) in [5.41, 5.74) is -0.0278. The lowest BCUT2D eigenvalue weighted by atomic mass is 9.96. The molecule has 4 heteroatoms. The number of carbonyl (C=O) groups excluding carboxylic acids is 2. The van der Waals surface area contributed by atoms with E-state index in [9.17, 15) is 9.59 Å². The van der Waals surface area contributed by atoms with E-state index in [1.807, 2.05) is 41.5 Å². The molecule has 0 saturated heterocycles. The number of rotatable bonds is 2. The van der Waals surface area contributed by atoms with Crippen LogP contribution >= 0.6 is 0 Å². The van der Waals surface area contributed by atoms with Crippen molar-refractivity contribution in [2.24, 2.45) is 10.8 Å². The fourth-order valence-electron chi connectivity index (χ4n) is 0.851. The molecule has 2 N–H and O–H groups in total. The van der Waals surface area contributed by atoms with Gasteiger partial charge in [0.2, 0.25) is 0 Å². The third kappa shape index (κ3) is 8.26. The van der Waals surface area contributed by atoms with Crippen LogP contribution in [0.4, 0.5) is 0 Å². The molecule has 16 heavy (non-hydrogen) atoms. The molecule has 0 saturated carbocycles. The summed E-state index contributed by atoms with van der Waals surface area (Å²) in [6.07, 6.45) is 0. The summed E-state index contributed by atoms with van der Waals surface area (Å²) in [5, 5.41) is 5.22. The summed E-state index contributed by atoms with van der Waals surface area (Å²) in [5.74, 6) is -1.11. The topological polar surface area (TPSA) is 58.2 Å². The van der Waals surface area contributed by atoms with E-state index >= 15 is 0 Å². The first-order valence-electron chi connectivity index (χ1n) is 5.57. The third-order valence-corrected chi connectivity index (χ3v) is 1.76. The summed E-state index contributed by atoms with van der Waals surface area (Å²) in [4.78, 5) is 22.8. The maximum Gasteiger partial charge on any atom is 0.309 e. The number of hydrogen-bond acceptors (Lipinski definition) is 2. The second-order valence-electron chi connectivity index (χ2n) is 6.49. The van der Waals surface area contributed by atoms with Gasteiger partial charge in [-0.1, -0.05) is 41.5 Å². The normalized spacial score (nSPS) is 12.1. The Morgan fingerprint density at radius 1 is 0.750 bits per heavy atom. The first-order valence-corrected chi connectivity index (χ1v) is 5.57. The first kappa shape index (κ1) is 14.9. The number of amides is 2. The molecule has 0 aliphatic rings. The van der Waals surface area contributed by atoms with E-state index in [-0.39, 0.29) is 10.8 Å². The van der Waals surface area contributed by atoms with Gasteiger partial charge in [-0.3, -0.25) is 9.59 Å². The average molecular weight is 228 g/mol. The highest BCUT2D eigenvalue weighted by molar-refractivity contribution is 6.35. The molecular formula is C12H24N2O2. The highest BCUT2D eigenvalue weighted by Crippen LogP contribution is 2.11. The van der Waals surface area contributed by atoms with Gasteiger partial charge >= 0.3 is 11.8 Å². The largest absolute Gasteiger partial charge is 0.347 e. The first-order chi connectivity index (χ1) is 7.01. The van der Waals surface area contributed by atoms with Crippen molar-refractivity contribution in [2.75, 3.05) is 13.1 Å². The van der Waals surface area contributed by atoms with Crippen molar-refractivity contribution in [1.29, 1.82) is 0 Å². The van der Waals surface area contributed by atoms with Crippen molar-refractivity contribution in [3.05, 3.63) is 0 Å². The zero-order chi connectivity index (χ0) is 13.0. The van der Waals surface area contributed by atoms with Gasteiger partial charge in [-0.05, 0) is 10.8 Å². The maximum atomic E-state index is 11.4. The summed E-state index contributed by atoms with van der Waals surface area (Å²) < 4.78 is 0. The summed E-state index contributed by atoms with van der Waals surface area (Å²) in [6.45, 7) is 13.0. The van der Waals surface area contributed by atoms with Gasteiger partial charge in [0.1, 0.15) is 0 Å². The fraction of sp³-hybridized carbons (Fsp3) is 0.833. The minimum Gasteiger partial charge on any atom is -0.347 e. The van der Waals surface area contributed by atoms with Crippen molar-refractivity contribution in [3.8, 4) is 0 Å². The minimum atomic E-state index is -0.556. The number of nitrogens with one attached hydrogen (secondary N) is 2. The molecule has 0 radical (unpaired) electrons. The van der Waals surface area contributed by atoms with Crippen LogP contribution < -0.4 is 10.6 Å². The Labute approximate surface area is 98.2 Å². The van der Waals surface area contributed by atoms with E-state index < -0.39 is 11.8 Å². The molecule has 0 unspecified atom stereocenters. The molecule has 0 fully saturated rings. The second kappa shape index (κ2) is 5.32. The van der Waals surface area contributed by atoms with Crippen LogP contribution in [0.15, 0.2) is 0 Å². The molecule has 0 spiro atoms. The van der Waals surface area contributed by atoms with Crippen LogP contribution in [0.25, 0.3) is 0 Å². The van der Waals surface area contributed by atoms with Crippen LogP contribution in [0.5, 0.6) is 0 Å². The van der Waals surface area contributed by atoms with Gasteiger partial charge in [-0.2, -0.15) is 0 Å². The Bertz CT molecular complexity index is 231. The van der Waals surface area contributed by atoms with Gasteiger partial charge in [0, 0.05) is 13.1 Å². The second-order valence-corrected chi connectivity index (χ2v) is 6.49. The SMILES string of the molecule is CC(C)(C)CNC(=O)C(=O)NCC(C)(C)C. The van der Waals surface area contributed by atoms with Crippen molar-refractivity contribution in [2.45, 2.75) is 41.5 Å². The average Bonchev–Trinajstić information content (AvgIpc) is 2.07. The van der Waals surface area contributed by atoms with Crippen LogP contribution in [0.3, 0.4) is 0 Å². The van der Waals surface area contributed by atoms with Gasteiger partial charge < -0.3 is 10.6 Å². The lowest BCUT2D eigenvalue weighted by Crippen LogP contribution is -2.44. The molecule has 0 aromatic carbocycles. The van der Waals surface area contributed by atoms with E-state index in [0.29, 0.717) is 13.1 Å². The Kier molecular flexibility index (Phi) is 4.97. The molecule has 0 aliphatic heterocycles. The van der Waals surface area contributed by atoms with E-state index in [4.69, 9.17) is 0 Å². The summed E-state index contributed by atoms with van der Waals surface area (Å²) in [6, 6.07) is 0. The lowest BCUT2D eigenvalue weighted by Gasteiger charge is -2.20. The molecule has 0 aromatic rings. The summed E-state index contributed by atoms with van der Waals surface area (Å²) in [7, 11) is 0. The van der Waals surface area contributed by atoms with Crippen LogP contribution in [0, 0.1) is 10.8 Å². The maximum absolute atomic E-state index is 11.4. The zero-order valence-electron chi connectivity index (χ0n) is 11.2. The van der Waals surface area contributed by atoms with E-state index in [1.54, 1.807) is 0 Å². The quantitative estimate of drug-likeness (QED) is 0.700. The zero-order valence-corrected chi connectivity index (χ0v) is 11.2. The monoisotopic (exact) mass is 228 g/mol. The van der Waals surface area contributed by atoms with Crippen LogP contribution in [-0.4, -0.2) is 24.9 Å². The molecule has 2 amide bonds. The molecule has 0 heterocycles. The van der Waals surface area contributed by atoms with Gasteiger partial charge in [-0.15, -0.1) is 0 Å². The molecular weight excluding hydrogens is 204 g/mol. The Morgan fingerprint density at radius 2 is 1.00 bits per heavy atom. The molecule has 4 nitrogen and oxygen atoms in total. The van der Waals surface area contributed by atoms with Crippen molar-refractivity contribution < 1.29 is 9.59 Å². The van der Waals surface area contributed by atoms with E-state index in [1.165, 1.54) is 0 Å². The summed E-state index contributed by atoms with van der Waals surface area (Å²) >= 11 is 0. The highest BCUT2D eigenvalue weighted by atomic mass is 16.2. The number of hydrogen-bond donors (Lipinski definition) is 2. The Morgan fingerprint density at radius 3 is 1.19 bits per heavy atom. The molecule has 0 atom stereocenters. The smallest absolute Gasteiger partial charge is 0.309 e. The minimum absolute atomic E-state index is 0.0139. The van der Waals surface area contributed by atoms with Crippen LogP contribution in [0.2, 0.25) is 0 Å². The van der Waals surface area contributed by atoms with Crippen LogP contribution in [0.1, 0.15) is 41.5 Å². The van der Waals surface area contributed by atoms with E-state index in [0.717, 1.165) is 0 Å².